The highest BCUT2D eigenvalue weighted by Gasteiger charge is 2.23. The second kappa shape index (κ2) is 2.86. The van der Waals surface area contributed by atoms with E-state index in [0.717, 1.165) is 5.52 Å². The van der Waals surface area contributed by atoms with Crippen LogP contribution < -0.4 is 10.2 Å². The third-order valence-electron chi connectivity index (χ3n) is 3.08. The third-order valence-corrected chi connectivity index (χ3v) is 3.08. The lowest BCUT2D eigenvalue weighted by Gasteiger charge is -2.16. The zero-order chi connectivity index (χ0) is 10.4. The van der Waals surface area contributed by atoms with Crippen LogP contribution in [0.5, 0.6) is 0 Å². The number of pyridine rings is 1. The standard InChI is InChI=1S/C12H13N3/c1-8-14-12-9-4-3-7-13-10(9)5-6-11(12)15(8)2/h3-8,14H,1-2H3. The third kappa shape index (κ3) is 1.09. The van der Waals surface area contributed by atoms with Gasteiger partial charge in [-0.25, -0.2) is 0 Å². The van der Waals surface area contributed by atoms with Crippen molar-refractivity contribution in [3.05, 3.63) is 30.5 Å². The van der Waals surface area contributed by atoms with E-state index >= 15 is 0 Å². The molecule has 2 heterocycles. The first-order valence-electron chi connectivity index (χ1n) is 5.14. The van der Waals surface area contributed by atoms with Crippen molar-refractivity contribution in [1.82, 2.24) is 4.98 Å². The van der Waals surface area contributed by atoms with Crippen molar-refractivity contribution in [2.24, 2.45) is 0 Å². The van der Waals surface area contributed by atoms with Crippen LogP contribution in [0, 0.1) is 0 Å². The number of anilines is 2. The second-order valence-corrected chi connectivity index (χ2v) is 3.96. The van der Waals surface area contributed by atoms with E-state index in [1.54, 1.807) is 0 Å². The monoisotopic (exact) mass is 199 g/mol. The lowest BCUT2D eigenvalue weighted by atomic mass is 10.1. The Morgan fingerprint density at radius 3 is 3.07 bits per heavy atom. The molecule has 0 fully saturated rings. The summed E-state index contributed by atoms with van der Waals surface area (Å²) in [5.74, 6) is 0. The van der Waals surface area contributed by atoms with E-state index < -0.39 is 0 Å². The molecule has 3 rings (SSSR count). The first kappa shape index (κ1) is 8.53. The number of nitrogens with one attached hydrogen (secondary N) is 1. The largest absolute Gasteiger partial charge is 0.363 e. The summed E-state index contributed by atoms with van der Waals surface area (Å²) in [5, 5.41) is 4.68. The Morgan fingerprint density at radius 2 is 2.20 bits per heavy atom. The summed E-state index contributed by atoms with van der Waals surface area (Å²) < 4.78 is 0. The van der Waals surface area contributed by atoms with Gasteiger partial charge in [-0.3, -0.25) is 4.98 Å². The maximum atomic E-state index is 4.35. The average molecular weight is 199 g/mol. The zero-order valence-electron chi connectivity index (χ0n) is 8.86. The van der Waals surface area contributed by atoms with Gasteiger partial charge in [-0.15, -0.1) is 0 Å². The summed E-state index contributed by atoms with van der Waals surface area (Å²) >= 11 is 0. The van der Waals surface area contributed by atoms with Crippen molar-refractivity contribution in [3.8, 4) is 0 Å². The van der Waals surface area contributed by atoms with Crippen LogP contribution in [-0.2, 0) is 0 Å². The Balaban J connectivity index is 2.33. The lowest BCUT2D eigenvalue weighted by Crippen LogP contribution is -2.28. The number of fused-ring (bicyclic) bond motifs is 3. The molecule has 1 aliphatic rings. The second-order valence-electron chi connectivity index (χ2n) is 3.96. The molecule has 1 aliphatic heterocycles. The number of nitrogens with zero attached hydrogens (tertiary/aromatic N) is 2. The lowest BCUT2D eigenvalue weighted by molar-refractivity contribution is 0.807. The normalized spacial score (nSPS) is 19.1. The molecule has 0 aliphatic carbocycles. The topological polar surface area (TPSA) is 28.2 Å². The van der Waals surface area contributed by atoms with Crippen LogP contribution in [0.2, 0.25) is 0 Å². The molecular weight excluding hydrogens is 186 g/mol. The molecule has 15 heavy (non-hydrogen) atoms. The molecule has 1 aromatic carbocycles. The fourth-order valence-corrected chi connectivity index (χ4v) is 2.10. The van der Waals surface area contributed by atoms with E-state index in [0.29, 0.717) is 6.17 Å². The van der Waals surface area contributed by atoms with Gasteiger partial charge in [0.25, 0.3) is 0 Å². The Bertz CT molecular complexity index is 521. The van der Waals surface area contributed by atoms with Gasteiger partial charge in [-0.2, -0.15) is 0 Å². The molecule has 3 nitrogen and oxygen atoms in total. The Hall–Kier alpha value is -1.77. The maximum Gasteiger partial charge on any atom is 0.0959 e. The number of rotatable bonds is 0. The van der Waals surface area contributed by atoms with Gasteiger partial charge in [0.05, 0.1) is 23.1 Å². The fraction of sp³-hybridized carbons (Fsp3) is 0.250. The predicted molar refractivity (Wildman–Crippen MR) is 63.2 cm³/mol. The Labute approximate surface area is 88.7 Å². The van der Waals surface area contributed by atoms with Crippen molar-refractivity contribution in [1.29, 1.82) is 0 Å². The van der Waals surface area contributed by atoms with E-state index in [2.05, 4.69) is 47.4 Å². The van der Waals surface area contributed by atoms with Crippen LogP contribution >= 0.6 is 0 Å². The summed E-state index contributed by atoms with van der Waals surface area (Å²) in [6, 6.07) is 8.29. The first-order valence-corrected chi connectivity index (χ1v) is 5.14. The van der Waals surface area contributed by atoms with Gasteiger partial charge in [0, 0.05) is 18.6 Å². The smallest absolute Gasteiger partial charge is 0.0959 e. The molecule has 1 aromatic heterocycles. The van der Waals surface area contributed by atoms with Crippen LogP contribution in [0.3, 0.4) is 0 Å². The minimum absolute atomic E-state index is 0.353. The van der Waals surface area contributed by atoms with Gasteiger partial charge < -0.3 is 10.2 Å². The zero-order valence-corrected chi connectivity index (χ0v) is 8.86. The number of benzene rings is 1. The van der Waals surface area contributed by atoms with Crippen molar-refractivity contribution in [3.63, 3.8) is 0 Å². The summed E-state index contributed by atoms with van der Waals surface area (Å²) in [4.78, 5) is 6.59. The molecule has 0 bridgehead atoms. The molecule has 3 heteroatoms. The number of aromatic nitrogens is 1. The van der Waals surface area contributed by atoms with Gasteiger partial charge in [0.15, 0.2) is 0 Å². The molecule has 0 amide bonds. The van der Waals surface area contributed by atoms with Crippen molar-refractivity contribution in [2.75, 3.05) is 17.3 Å². The molecule has 0 saturated carbocycles. The van der Waals surface area contributed by atoms with Gasteiger partial charge in [-0.05, 0) is 31.2 Å². The Kier molecular flexibility index (Phi) is 1.63. The molecule has 1 unspecified atom stereocenters. The van der Waals surface area contributed by atoms with Crippen molar-refractivity contribution < 1.29 is 0 Å². The van der Waals surface area contributed by atoms with Crippen LogP contribution in [0.4, 0.5) is 11.4 Å². The SMILES string of the molecule is CC1Nc2c(ccc3ncccc23)N1C. The molecule has 0 radical (unpaired) electrons. The number of hydrogen-bond acceptors (Lipinski definition) is 3. The highest BCUT2D eigenvalue weighted by atomic mass is 15.3. The molecular formula is C12H13N3. The fourth-order valence-electron chi connectivity index (χ4n) is 2.10. The van der Waals surface area contributed by atoms with E-state index in [1.807, 2.05) is 12.3 Å². The minimum Gasteiger partial charge on any atom is -0.363 e. The molecule has 76 valence electrons. The predicted octanol–water partition coefficient (Wildman–Crippen LogP) is 2.44. The van der Waals surface area contributed by atoms with E-state index in [9.17, 15) is 0 Å². The van der Waals surface area contributed by atoms with Gasteiger partial charge in [0.2, 0.25) is 0 Å². The molecule has 0 saturated heterocycles. The van der Waals surface area contributed by atoms with Gasteiger partial charge >= 0.3 is 0 Å². The summed E-state index contributed by atoms with van der Waals surface area (Å²) in [5.41, 5.74) is 3.50. The van der Waals surface area contributed by atoms with Crippen LogP contribution in [0.15, 0.2) is 30.5 Å². The van der Waals surface area contributed by atoms with Crippen LogP contribution in [0.1, 0.15) is 6.92 Å². The summed E-state index contributed by atoms with van der Waals surface area (Å²) in [7, 11) is 2.10. The first-order chi connectivity index (χ1) is 7.27. The van der Waals surface area contributed by atoms with Crippen LogP contribution in [0.25, 0.3) is 10.9 Å². The van der Waals surface area contributed by atoms with Crippen LogP contribution in [-0.4, -0.2) is 18.2 Å². The molecule has 1 N–H and O–H groups in total. The highest BCUT2D eigenvalue weighted by Crippen LogP contribution is 2.38. The van der Waals surface area contributed by atoms with Gasteiger partial charge in [0.1, 0.15) is 0 Å². The molecule has 2 aromatic rings. The van der Waals surface area contributed by atoms with E-state index in [-0.39, 0.29) is 0 Å². The maximum absolute atomic E-state index is 4.35. The quantitative estimate of drug-likeness (QED) is 0.706. The minimum atomic E-state index is 0.353. The van der Waals surface area contributed by atoms with Crippen molar-refractivity contribution in [2.45, 2.75) is 13.1 Å². The van der Waals surface area contributed by atoms with Crippen molar-refractivity contribution >= 4 is 22.3 Å². The molecule has 1 atom stereocenters. The Morgan fingerprint density at radius 1 is 1.33 bits per heavy atom. The van der Waals surface area contributed by atoms with Gasteiger partial charge in [-0.1, -0.05) is 0 Å². The highest BCUT2D eigenvalue weighted by molar-refractivity contribution is 6.00. The average Bonchev–Trinajstić information content (AvgIpc) is 2.56. The summed E-state index contributed by atoms with van der Waals surface area (Å²) in [6.45, 7) is 2.15. The summed E-state index contributed by atoms with van der Waals surface area (Å²) in [6.07, 6.45) is 2.18. The molecule has 0 spiro atoms. The number of hydrogen-bond donors (Lipinski definition) is 1. The van der Waals surface area contributed by atoms with E-state index in [4.69, 9.17) is 0 Å². The van der Waals surface area contributed by atoms with E-state index in [1.165, 1.54) is 16.8 Å².